The molecule has 3 heteroatoms. The quantitative estimate of drug-likeness (QED) is 0.741. The second-order valence-electron chi connectivity index (χ2n) is 5.29. The van der Waals surface area contributed by atoms with Gasteiger partial charge in [-0.1, -0.05) is 38.1 Å². The van der Waals surface area contributed by atoms with E-state index in [2.05, 4.69) is 43.4 Å². The summed E-state index contributed by atoms with van der Waals surface area (Å²) in [4.78, 5) is 0. The number of likely N-dealkylation sites (N-methyl/N-ethyl adjacent to an activating group) is 1. The third-order valence-corrected chi connectivity index (χ3v) is 3.79. The first kappa shape index (κ1) is 15.5. The molecule has 0 heterocycles. The van der Waals surface area contributed by atoms with E-state index in [1.165, 1.54) is 11.1 Å². The topological polar surface area (TPSA) is 30.5 Å². The molecule has 2 rings (SSSR count). The van der Waals surface area contributed by atoms with Gasteiger partial charge >= 0.3 is 0 Å². The fourth-order valence-corrected chi connectivity index (χ4v) is 2.88. The lowest BCUT2D eigenvalue weighted by molar-refractivity contribution is -0.0184. The summed E-state index contributed by atoms with van der Waals surface area (Å²) in [6, 6.07) is 9.03. The van der Waals surface area contributed by atoms with E-state index in [0.29, 0.717) is 19.3 Å². The number of benzene rings is 1. The van der Waals surface area contributed by atoms with Crippen molar-refractivity contribution in [3.63, 3.8) is 0 Å². The molecule has 20 heavy (non-hydrogen) atoms. The molecule has 112 valence electrons. The molecule has 0 radical (unpaired) electrons. The number of hydrogen-bond acceptors (Lipinski definition) is 3. The van der Waals surface area contributed by atoms with Crippen molar-refractivity contribution in [2.45, 2.75) is 45.3 Å². The van der Waals surface area contributed by atoms with Crippen molar-refractivity contribution in [2.24, 2.45) is 0 Å². The van der Waals surface area contributed by atoms with Gasteiger partial charge in [-0.25, -0.2) is 0 Å². The number of rotatable bonds is 8. The van der Waals surface area contributed by atoms with Gasteiger partial charge in [-0.05, 0) is 36.9 Å². The average molecular weight is 277 g/mol. The van der Waals surface area contributed by atoms with Crippen LogP contribution in [0.1, 0.15) is 43.9 Å². The van der Waals surface area contributed by atoms with E-state index in [-0.39, 0.29) is 6.10 Å². The first-order valence-corrected chi connectivity index (χ1v) is 7.87. The monoisotopic (exact) mass is 277 g/mol. The molecule has 1 N–H and O–H groups in total. The van der Waals surface area contributed by atoms with Gasteiger partial charge in [-0.3, -0.25) is 0 Å². The van der Waals surface area contributed by atoms with Gasteiger partial charge in [-0.2, -0.15) is 0 Å². The van der Waals surface area contributed by atoms with Gasteiger partial charge in [0.2, 0.25) is 0 Å². The van der Waals surface area contributed by atoms with Crippen LogP contribution >= 0.6 is 0 Å². The first-order chi connectivity index (χ1) is 9.86. The fraction of sp³-hybridized carbons (Fsp3) is 0.647. The van der Waals surface area contributed by atoms with Crippen molar-refractivity contribution in [1.29, 1.82) is 0 Å². The highest BCUT2D eigenvalue weighted by atomic mass is 16.5. The van der Waals surface area contributed by atoms with Gasteiger partial charge in [0, 0.05) is 6.61 Å². The number of nitrogens with one attached hydrogen (secondary N) is 1. The smallest absolute Gasteiger partial charge is 0.0774 e. The summed E-state index contributed by atoms with van der Waals surface area (Å²) in [5.74, 6) is 0. The third kappa shape index (κ3) is 4.05. The van der Waals surface area contributed by atoms with Gasteiger partial charge in [0.05, 0.1) is 25.4 Å². The molecule has 2 unspecified atom stereocenters. The number of hydrogen-bond donors (Lipinski definition) is 1. The highest BCUT2D eigenvalue weighted by molar-refractivity contribution is 5.33. The predicted molar refractivity (Wildman–Crippen MR) is 82.0 cm³/mol. The van der Waals surface area contributed by atoms with Gasteiger partial charge in [0.15, 0.2) is 0 Å². The Hall–Kier alpha value is -0.900. The molecule has 0 fully saturated rings. The van der Waals surface area contributed by atoms with E-state index in [0.717, 1.165) is 32.4 Å². The Morgan fingerprint density at radius 3 is 2.80 bits per heavy atom. The SMILES string of the molecule is CCCOCCOC1CCc2ccccc2C1NCC. The summed E-state index contributed by atoms with van der Waals surface area (Å²) in [5.41, 5.74) is 2.86. The van der Waals surface area contributed by atoms with E-state index in [9.17, 15) is 0 Å². The number of fused-ring (bicyclic) bond motifs is 1. The molecular weight excluding hydrogens is 250 g/mol. The maximum Gasteiger partial charge on any atom is 0.0774 e. The van der Waals surface area contributed by atoms with E-state index >= 15 is 0 Å². The largest absolute Gasteiger partial charge is 0.379 e. The van der Waals surface area contributed by atoms with Gasteiger partial charge in [-0.15, -0.1) is 0 Å². The van der Waals surface area contributed by atoms with Crippen LogP contribution < -0.4 is 5.32 Å². The van der Waals surface area contributed by atoms with Gasteiger partial charge in [0.1, 0.15) is 0 Å². The summed E-state index contributed by atoms with van der Waals surface area (Å²) in [6.07, 6.45) is 3.52. The molecule has 0 spiro atoms. The maximum absolute atomic E-state index is 6.06. The highest BCUT2D eigenvalue weighted by Crippen LogP contribution is 2.31. The minimum Gasteiger partial charge on any atom is -0.379 e. The van der Waals surface area contributed by atoms with Crippen molar-refractivity contribution in [3.8, 4) is 0 Å². The lowest BCUT2D eigenvalue weighted by Crippen LogP contribution is -2.38. The number of ether oxygens (including phenoxy) is 2. The van der Waals surface area contributed by atoms with E-state index in [1.807, 2.05) is 0 Å². The molecular formula is C17H27NO2. The Bertz CT molecular complexity index is 394. The lowest BCUT2D eigenvalue weighted by atomic mass is 9.85. The van der Waals surface area contributed by atoms with Crippen LogP contribution in [-0.4, -0.2) is 32.5 Å². The van der Waals surface area contributed by atoms with Crippen LogP contribution in [0.15, 0.2) is 24.3 Å². The molecule has 1 aromatic carbocycles. The Labute approximate surface area is 122 Å². The Balaban J connectivity index is 1.92. The molecule has 3 nitrogen and oxygen atoms in total. The maximum atomic E-state index is 6.06. The van der Waals surface area contributed by atoms with Crippen LogP contribution in [0.25, 0.3) is 0 Å². The van der Waals surface area contributed by atoms with Crippen molar-refractivity contribution in [1.82, 2.24) is 5.32 Å². The predicted octanol–water partition coefficient (Wildman–Crippen LogP) is 3.10. The standard InChI is InChI=1S/C17H27NO2/c1-3-11-19-12-13-20-16-10-9-14-7-5-6-8-15(14)17(16)18-4-2/h5-8,16-18H,3-4,9-13H2,1-2H3. The zero-order valence-electron chi connectivity index (χ0n) is 12.7. The van der Waals surface area contributed by atoms with Crippen LogP contribution in [0, 0.1) is 0 Å². The molecule has 1 aliphatic rings. The minimum absolute atomic E-state index is 0.259. The van der Waals surface area contributed by atoms with Crippen molar-refractivity contribution < 1.29 is 9.47 Å². The van der Waals surface area contributed by atoms with E-state index < -0.39 is 0 Å². The van der Waals surface area contributed by atoms with Crippen molar-refractivity contribution in [3.05, 3.63) is 35.4 Å². The molecule has 0 saturated heterocycles. The third-order valence-electron chi connectivity index (χ3n) is 3.79. The number of aryl methyl sites for hydroxylation is 1. The fourth-order valence-electron chi connectivity index (χ4n) is 2.88. The first-order valence-electron chi connectivity index (χ1n) is 7.87. The summed E-state index contributed by atoms with van der Waals surface area (Å²) in [7, 11) is 0. The van der Waals surface area contributed by atoms with Crippen LogP contribution in [0.3, 0.4) is 0 Å². The molecule has 0 saturated carbocycles. The summed E-state index contributed by atoms with van der Waals surface area (Å²) in [6.45, 7) is 7.46. The molecule has 0 aliphatic heterocycles. The molecule has 2 atom stereocenters. The summed E-state index contributed by atoms with van der Waals surface area (Å²) < 4.78 is 11.6. The van der Waals surface area contributed by atoms with Crippen molar-refractivity contribution >= 4 is 0 Å². The second-order valence-corrected chi connectivity index (χ2v) is 5.29. The molecule has 0 amide bonds. The van der Waals surface area contributed by atoms with Crippen molar-refractivity contribution in [2.75, 3.05) is 26.4 Å². The van der Waals surface area contributed by atoms with Crippen LogP contribution in [0.4, 0.5) is 0 Å². The van der Waals surface area contributed by atoms with Crippen LogP contribution in [-0.2, 0) is 15.9 Å². The Morgan fingerprint density at radius 2 is 2.00 bits per heavy atom. The normalized spacial score (nSPS) is 21.7. The average Bonchev–Trinajstić information content (AvgIpc) is 2.49. The van der Waals surface area contributed by atoms with Crippen LogP contribution in [0.5, 0.6) is 0 Å². The molecule has 0 aromatic heterocycles. The second kappa shape index (κ2) is 8.40. The minimum atomic E-state index is 0.259. The highest BCUT2D eigenvalue weighted by Gasteiger charge is 2.29. The van der Waals surface area contributed by atoms with E-state index in [1.54, 1.807) is 0 Å². The summed E-state index contributed by atoms with van der Waals surface area (Å²) >= 11 is 0. The lowest BCUT2D eigenvalue weighted by Gasteiger charge is -2.34. The van der Waals surface area contributed by atoms with Crippen LogP contribution in [0.2, 0.25) is 0 Å². The summed E-state index contributed by atoms with van der Waals surface area (Å²) in [5, 5.41) is 3.58. The molecule has 0 bridgehead atoms. The zero-order valence-corrected chi connectivity index (χ0v) is 12.7. The Kier molecular flexibility index (Phi) is 6.51. The Morgan fingerprint density at radius 1 is 1.15 bits per heavy atom. The molecule has 1 aliphatic carbocycles. The zero-order chi connectivity index (χ0) is 14.2. The molecule has 1 aromatic rings. The van der Waals surface area contributed by atoms with Gasteiger partial charge < -0.3 is 14.8 Å². The van der Waals surface area contributed by atoms with E-state index in [4.69, 9.17) is 9.47 Å². The van der Waals surface area contributed by atoms with Gasteiger partial charge in [0.25, 0.3) is 0 Å².